The molecule has 238 valence electrons. The van der Waals surface area contributed by atoms with E-state index in [1.54, 1.807) is 0 Å². The number of hydrogen-bond acceptors (Lipinski definition) is 4. The van der Waals surface area contributed by atoms with Crippen molar-refractivity contribution in [1.82, 2.24) is 0 Å². The van der Waals surface area contributed by atoms with Crippen molar-refractivity contribution in [3.8, 4) is 0 Å². The van der Waals surface area contributed by atoms with Crippen molar-refractivity contribution in [3.63, 3.8) is 0 Å². The third kappa shape index (κ3) is 19.8. The van der Waals surface area contributed by atoms with Crippen molar-refractivity contribution in [3.05, 3.63) is 0 Å². The van der Waals surface area contributed by atoms with Gasteiger partial charge in [0.1, 0.15) is 13.2 Å². The molecule has 40 heavy (non-hydrogen) atoms. The number of ether oxygens (including phenoxy) is 2. The van der Waals surface area contributed by atoms with Gasteiger partial charge in [-0.3, -0.25) is 9.59 Å². The Morgan fingerprint density at radius 3 is 0.850 bits per heavy atom. The zero-order valence-electron chi connectivity index (χ0n) is 27.9. The normalized spacial score (nSPS) is 12.1. The number of carbonyl (C=O) groups is 2. The molecule has 6 heteroatoms. The summed E-state index contributed by atoms with van der Waals surface area (Å²) in [7, 11) is -1.93. The fourth-order valence-electron chi connectivity index (χ4n) is 5.88. The van der Waals surface area contributed by atoms with Gasteiger partial charge in [-0.05, 0) is 51.4 Å². The Morgan fingerprint density at radius 1 is 0.400 bits per heavy atom. The lowest BCUT2D eigenvalue weighted by Gasteiger charge is -2.28. The fourth-order valence-corrected chi connectivity index (χ4v) is 16.1. The van der Waals surface area contributed by atoms with Crippen molar-refractivity contribution in [2.24, 2.45) is 0 Å². The van der Waals surface area contributed by atoms with Crippen molar-refractivity contribution >= 4 is 26.5 Å². The highest BCUT2D eigenvalue weighted by molar-refractivity contribution is 7.76. The van der Waals surface area contributed by atoms with E-state index in [0.29, 0.717) is 12.8 Å². The lowest BCUT2D eigenvalue weighted by Crippen LogP contribution is -2.17. The van der Waals surface area contributed by atoms with E-state index in [-0.39, 0.29) is 25.2 Å². The second kappa shape index (κ2) is 26.4. The zero-order valence-corrected chi connectivity index (χ0v) is 29.7. The van der Waals surface area contributed by atoms with Crippen molar-refractivity contribution in [2.75, 3.05) is 62.5 Å². The minimum Gasteiger partial charge on any atom is -0.462 e. The zero-order chi connectivity index (χ0) is 30.0. The Morgan fingerprint density at radius 2 is 0.625 bits per heavy atom. The second-order valence-electron chi connectivity index (χ2n) is 12.2. The molecule has 0 rings (SSSR count). The van der Waals surface area contributed by atoms with Crippen LogP contribution in [0.4, 0.5) is 0 Å². The largest absolute Gasteiger partial charge is 0.462 e. The molecular weight excluding hydrogens is 534 g/mol. The number of rotatable bonds is 29. The standard InChI is InChI=1S/C34H70O4P2/c1-7-13-25-39(26-14-8-2,27-15-9-3)31-19-21-33(35)37-23-24-38-34(36)22-20-32-40(28-16-10-4,29-17-11-5)30-18-12-6/h7-32H2,1-6H3/q+2. The average Bonchev–Trinajstić information content (AvgIpc) is 2.96. The molecule has 0 aromatic rings. The van der Waals surface area contributed by atoms with E-state index in [1.165, 1.54) is 126 Å². The summed E-state index contributed by atoms with van der Waals surface area (Å²) in [5.74, 6) is -0.263. The average molecular weight is 605 g/mol. The first-order valence-corrected chi connectivity index (χ1v) is 22.4. The van der Waals surface area contributed by atoms with Crippen LogP contribution in [0.3, 0.4) is 0 Å². The van der Waals surface area contributed by atoms with Crippen LogP contribution in [0, 0.1) is 0 Å². The third-order valence-corrected chi connectivity index (χ3v) is 18.7. The van der Waals surface area contributed by atoms with Gasteiger partial charge in [-0.25, -0.2) is 0 Å². The van der Waals surface area contributed by atoms with E-state index in [4.69, 9.17) is 9.47 Å². The van der Waals surface area contributed by atoms with Gasteiger partial charge in [-0.1, -0.05) is 80.1 Å². The maximum absolute atomic E-state index is 12.4. The van der Waals surface area contributed by atoms with Gasteiger partial charge in [0.25, 0.3) is 0 Å². The molecule has 0 aromatic carbocycles. The molecule has 0 amide bonds. The van der Waals surface area contributed by atoms with Crippen LogP contribution in [0.1, 0.15) is 144 Å². The van der Waals surface area contributed by atoms with Gasteiger partial charge in [-0.15, -0.1) is 0 Å². The van der Waals surface area contributed by atoms with Gasteiger partial charge in [0.15, 0.2) is 0 Å². The molecule has 0 heterocycles. The maximum atomic E-state index is 12.4. The molecule has 4 nitrogen and oxygen atoms in total. The molecule has 0 spiro atoms. The predicted octanol–water partition coefficient (Wildman–Crippen LogP) is 10.5. The predicted molar refractivity (Wildman–Crippen MR) is 183 cm³/mol. The summed E-state index contributed by atoms with van der Waals surface area (Å²) in [6.07, 6.45) is 29.3. The fraction of sp³-hybridized carbons (Fsp3) is 0.941. The van der Waals surface area contributed by atoms with E-state index in [0.717, 1.165) is 12.8 Å². The van der Waals surface area contributed by atoms with Gasteiger partial charge >= 0.3 is 11.9 Å². The summed E-state index contributed by atoms with van der Waals surface area (Å²) in [6.45, 7) is 14.1. The summed E-state index contributed by atoms with van der Waals surface area (Å²) < 4.78 is 10.9. The van der Waals surface area contributed by atoms with E-state index in [1.807, 2.05) is 0 Å². The molecule has 0 aromatic heterocycles. The Balaban J connectivity index is 4.48. The van der Waals surface area contributed by atoms with Gasteiger partial charge in [0.2, 0.25) is 0 Å². The molecule has 0 unspecified atom stereocenters. The van der Waals surface area contributed by atoms with Crippen molar-refractivity contribution < 1.29 is 19.1 Å². The molecule has 0 saturated carbocycles. The van der Waals surface area contributed by atoms with Crippen LogP contribution < -0.4 is 0 Å². The van der Waals surface area contributed by atoms with E-state index < -0.39 is 14.5 Å². The second-order valence-corrected chi connectivity index (χ2v) is 21.2. The molecule has 0 saturated heterocycles. The Kier molecular flexibility index (Phi) is 26.3. The van der Waals surface area contributed by atoms with Crippen molar-refractivity contribution in [2.45, 2.75) is 144 Å². The molecular formula is C34H70O4P2+2. The highest BCUT2D eigenvalue weighted by atomic mass is 31.2. The summed E-state index contributed by atoms with van der Waals surface area (Å²) in [5.41, 5.74) is 0. The molecule has 0 aliphatic carbocycles. The number of hydrogen-bond donors (Lipinski definition) is 0. The molecule has 0 aliphatic rings. The van der Waals surface area contributed by atoms with Crippen LogP contribution in [0.25, 0.3) is 0 Å². The van der Waals surface area contributed by atoms with Crippen molar-refractivity contribution in [1.29, 1.82) is 0 Å². The summed E-state index contributed by atoms with van der Waals surface area (Å²) in [6, 6.07) is 0. The van der Waals surface area contributed by atoms with Crippen LogP contribution in [0.5, 0.6) is 0 Å². The SMILES string of the molecule is CCCC[P+](CCCC)(CCCC)CCCC(=O)OCCOC(=O)CCC[P+](CCCC)(CCCC)CCCC. The number of esters is 2. The monoisotopic (exact) mass is 604 g/mol. The molecule has 0 radical (unpaired) electrons. The first-order valence-electron chi connectivity index (χ1n) is 17.4. The topological polar surface area (TPSA) is 52.6 Å². The lowest BCUT2D eigenvalue weighted by atomic mass is 10.3. The van der Waals surface area contributed by atoms with E-state index >= 15 is 0 Å². The quantitative estimate of drug-likeness (QED) is 0.0484. The molecule has 0 aliphatic heterocycles. The third-order valence-electron chi connectivity index (χ3n) is 8.55. The highest BCUT2D eigenvalue weighted by Crippen LogP contribution is 2.62. The van der Waals surface area contributed by atoms with Crippen LogP contribution >= 0.6 is 14.5 Å². The van der Waals surface area contributed by atoms with Crippen LogP contribution in [-0.4, -0.2) is 74.4 Å². The number of carbonyl (C=O) groups excluding carboxylic acids is 2. The summed E-state index contributed by atoms with van der Waals surface area (Å²) in [4.78, 5) is 24.8. The van der Waals surface area contributed by atoms with Crippen LogP contribution in [0.15, 0.2) is 0 Å². The lowest BCUT2D eigenvalue weighted by molar-refractivity contribution is -0.152. The molecule has 0 atom stereocenters. The molecule has 0 bridgehead atoms. The van der Waals surface area contributed by atoms with Crippen LogP contribution in [0.2, 0.25) is 0 Å². The Hall–Kier alpha value is -0.200. The highest BCUT2D eigenvalue weighted by Gasteiger charge is 2.36. The molecule has 0 fully saturated rings. The van der Waals surface area contributed by atoms with Gasteiger partial charge in [0, 0.05) is 27.4 Å². The van der Waals surface area contributed by atoms with Gasteiger partial charge < -0.3 is 9.47 Å². The van der Waals surface area contributed by atoms with E-state index in [2.05, 4.69) is 41.5 Å². The summed E-state index contributed by atoms with van der Waals surface area (Å²) in [5, 5.41) is 0. The first kappa shape index (κ1) is 39.8. The minimum absolute atomic E-state index is 0.132. The first-order chi connectivity index (χ1) is 19.4. The smallest absolute Gasteiger partial charge is 0.306 e. The Bertz CT molecular complexity index is 515. The molecule has 0 N–H and O–H groups in total. The van der Waals surface area contributed by atoms with Gasteiger partial charge in [0.05, 0.1) is 49.3 Å². The van der Waals surface area contributed by atoms with Crippen LogP contribution in [-0.2, 0) is 19.1 Å². The Labute approximate surface area is 252 Å². The minimum atomic E-state index is -0.964. The van der Waals surface area contributed by atoms with E-state index in [9.17, 15) is 9.59 Å². The number of unbranched alkanes of at least 4 members (excludes halogenated alkanes) is 6. The maximum Gasteiger partial charge on any atom is 0.306 e. The summed E-state index contributed by atoms with van der Waals surface area (Å²) >= 11 is 0. The van der Waals surface area contributed by atoms with Gasteiger partial charge in [-0.2, -0.15) is 0 Å².